The van der Waals surface area contributed by atoms with Crippen LogP contribution >= 0.6 is 0 Å². The largest absolute Gasteiger partial charge is 0.478 e. The van der Waals surface area contributed by atoms with Gasteiger partial charge in [0.1, 0.15) is 11.4 Å². The molecule has 0 aliphatic heterocycles. The lowest BCUT2D eigenvalue weighted by molar-refractivity contribution is -0.146. The third-order valence-electron chi connectivity index (χ3n) is 4.57. The summed E-state index contributed by atoms with van der Waals surface area (Å²) in [6.07, 6.45) is 1.14. The standard InChI is InChI=1S/C22H26N2O6/c1-5-29-21(27)17(22(28)30-6-2)12-23-19-18(20(25)26)14(3)15(4)24(19)13-16-10-8-7-9-11-16/h7-12,23H,5-6,13H2,1-4H3,(H,25,26). The fraction of sp³-hybridized carbons (Fsp3) is 0.318. The quantitative estimate of drug-likeness (QED) is 0.281. The van der Waals surface area contributed by atoms with Gasteiger partial charge in [-0.2, -0.15) is 0 Å². The maximum absolute atomic E-state index is 12.2. The van der Waals surface area contributed by atoms with Gasteiger partial charge in [-0.1, -0.05) is 30.3 Å². The Morgan fingerprint density at radius 3 is 2.10 bits per heavy atom. The second-order valence-electron chi connectivity index (χ2n) is 6.45. The number of anilines is 1. The summed E-state index contributed by atoms with van der Waals surface area (Å²) < 4.78 is 11.6. The minimum atomic E-state index is -1.12. The van der Waals surface area contributed by atoms with Gasteiger partial charge in [-0.25, -0.2) is 14.4 Å². The Morgan fingerprint density at radius 1 is 1.03 bits per heavy atom. The van der Waals surface area contributed by atoms with Crippen LogP contribution in [0.5, 0.6) is 0 Å². The first kappa shape index (κ1) is 22.7. The fourth-order valence-corrected chi connectivity index (χ4v) is 3.00. The van der Waals surface area contributed by atoms with Gasteiger partial charge in [-0.05, 0) is 38.8 Å². The number of ether oxygens (including phenoxy) is 2. The predicted molar refractivity (Wildman–Crippen MR) is 111 cm³/mol. The van der Waals surface area contributed by atoms with Crippen LogP contribution in [0.2, 0.25) is 0 Å². The summed E-state index contributed by atoms with van der Waals surface area (Å²) in [6, 6.07) is 9.54. The van der Waals surface area contributed by atoms with E-state index in [-0.39, 0.29) is 30.2 Å². The Labute approximate surface area is 175 Å². The second-order valence-corrected chi connectivity index (χ2v) is 6.45. The molecule has 0 unspecified atom stereocenters. The van der Waals surface area contributed by atoms with E-state index >= 15 is 0 Å². The smallest absolute Gasteiger partial charge is 0.347 e. The predicted octanol–water partition coefficient (Wildman–Crippen LogP) is 3.27. The highest BCUT2D eigenvalue weighted by molar-refractivity contribution is 6.14. The van der Waals surface area contributed by atoms with Crippen molar-refractivity contribution in [2.75, 3.05) is 18.5 Å². The van der Waals surface area contributed by atoms with Gasteiger partial charge >= 0.3 is 17.9 Å². The molecular formula is C22H26N2O6. The zero-order chi connectivity index (χ0) is 22.3. The minimum Gasteiger partial charge on any atom is -0.478 e. The van der Waals surface area contributed by atoms with Crippen LogP contribution < -0.4 is 5.32 Å². The summed E-state index contributed by atoms with van der Waals surface area (Å²) in [6.45, 7) is 7.34. The molecule has 0 aliphatic carbocycles. The Morgan fingerprint density at radius 2 is 1.60 bits per heavy atom. The Kier molecular flexibility index (Phi) is 7.80. The zero-order valence-electron chi connectivity index (χ0n) is 17.5. The molecule has 0 saturated carbocycles. The van der Waals surface area contributed by atoms with E-state index in [0.29, 0.717) is 12.1 Å². The van der Waals surface area contributed by atoms with E-state index in [2.05, 4.69) is 5.32 Å². The number of rotatable bonds is 9. The van der Waals surface area contributed by atoms with Gasteiger partial charge in [0, 0.05) is 18.4 Å². The van der Waals surface area contributed by atoms with Crippen LogP contribution in [0.25, 0.3) is 0 Å². The van der Waals surface area contributed by atoms with E-state index in [1.54, 1.807) is 25.3 Å². The van der Waals surface area contributed by atoms with Gasteiger partial charge < -0.3 is 24.5 Å². The molecule has 1 aromatic carbocycles. The molecule has 160 valence electrons. The number of hydrogen-bond donors (Lipinski definition) is 2. The van der Waals surface area contributed by atoms with Gasteiger partial charge in [-0.15, -0.1) is 0 Å². The number of esters is 2. The molecule has 8 heteroatoms. The van der Waals surface area contributed by atoms with Crippen molar-refractivity contribution >= 4 is 23.7 Å². The molecule has 0 aliphatic rings. The Bertz CT molecular complexity index is 940. The average molecular weight is 414 g/mol. The number of carbonyl (C=O) groups is 3. The first-order valence-corrected chi connectivity index (χ1v) is 9.59. The molecule has 1 aromatic heterocycles. The van der Waals surface area contributed by atoms with Gasteiger partial charge in [0.25, 0.3) is 0 Å². The fourth-order valence-electron chi connectivity index (χ4n) is 3.00. The van der Waals surface area contributed by atoms with E-state index in [9.17, 15) is 19.5 Å². The topological polar surface area (TPSA) is 107 Å². The summed E-state index contributed by atoms with van der Waals surface area (Å²) in [7, 11) is 0. The monoisotopic (exact) mass is 414 g/mol. The molecule has 0 atom stereocenters. The lowest BCUT2D eigenvalue weighted by atomic mass is 10.1. The third-order valence-corrected chi connectivity index (χ3v) is 4.57. The average Bonchev–Trinajstić information content (AvgIpc) is 2.94. The third kappa shape index (κ3) is 5.08. The maximum Gasteiger partial charge on any atom is 0.347 e. The molecule has 8 nitrogen and oxygen atoms in total. The number of carboxylic acid groups (broad SMARTS) is 1. The van der Waals surface area contributed by atoms with Crippen molar-refractivity contribution in [1.82, 2.24) is 4.57 Å². The maximum atomic E-state index is 12.2. The molecule has 0 saturated heterocycles. The van der Waals surface area contributed by atoms with Crippen molar-refractivity contribution in [3.8, 4) is 0 Å². The van der Waals surface area contributed by atoms with E-state index in [1.165, 1.54) is 0 Å². The Balaban J connectivity index is 2.53. The molecule has 2 rings (SSSR count). The van der Waals surface area contributed by atoms with Crippen LogP contribution in [-0.2, 0) is 25.6 Å². The van der Waals surface area contributed by atoms with Crippen LogP contribution in [0.15, 0.2) is 42.1 Å². The molecule has 0 fully saturated rings. The highest BCUT2D eigenvalue weighted by Crippen LogP contribution is 2.28. The summed E-state index contributed by atoms with van der Waals surface area (Å²) in [5, 5.41) is 12.6. The molecular weight excluding hydrogens is 388 g/mol. The molecule has 30 heavy (non-hydrogen) atoms. The molecule has 0 radical (unpaired) electrons. The van der Waals surface area contributed by atoms with Crippen molar-refractivity contribution in [2.45, 2.75) is 34.2 Å². The Hall–Kier alpha value is -3.55. The van der Waals surface area contributed by atoms with Crippen LogP contribution in [0.4, 0.5) is 5.82 Å². The summed E-state index contributed by atoms with van der Waals surface area (Å²) in [5.74, 6) is -2.57. The zero-order valence-corrected chi connectivity index (χ0v) is 17.5. The summed E-state index contributed by atoms with van der Waals surface area (Å²) in [4.78, 5) is 36.3. The molecule has 2 aromatic rings. The van der Waals surface area contributed by atoms with Gasteiger partial charge in [0.2, 0.25) is 0 Å². The molecule has 0 amide bonds. The number of carboxylic acids is 1. The first-order valence-electron chi connectivity index (χ1n) is 9.59. The van der Waals surface area contributed by atoms with Crippen molar-refractivity contribution in [1.29, 1.82) is 0 Å². The number of nitrogens with one attached hydrogen (secondary N) is 1. The first-order chi connectivity index (χ1) is 14.3. The van der Waals surface area contributed by atoms with Gasteiger partial charge in [0.15, 0.2) is 5.57 Å². The number of aromatic carboxylic acids is 1. The molecule has 0 spiro atoms. The van der Waals surface area contributed by atoms with E-state index < -0.39 is 17.9 Å². The number of hydrogen-bond acceptors (Lipinski definition) is 6. The molecule has 2 N–H and O–H groups in total. The SMILES string of the molecule is CCOC(=O)C(=CNc1c(C(=O)O)c(C)c(C)n1Cc1ccccc1)C(=O)OCC. The van der Waals surface area contributed by atoms with Crippen LogP contribution in [-0.4, -0.2) is 40.8 Å². The minimum absolute atomic E-state index is 0.0618. The van der Waals surface area contributed by atoms with Crippen LogP contribution in [0.3, 0.4) is 0 Å². The van der Waals surface area contributed by atoms with E-state index in [4.69, 9.17) is 9.47 Å². The molecule has 0 bridgehead atoms. The van der Waals surface area contributed by atoms with E-state index in [0.717, 1.165) is 17.5 Å². The number of carbonyl (C=O) groups excluding carboxylic acids is 2. The normalized spacial score (nSPS) is 10.3. The highest BCUT2D eigenvalue weighted by atomic mass is 16.6. The van der Waals surface area contributed by atoms with Crippen LogP contribution in [0.1, 0.15) is 41.0 Å². The summed E-state index contributed by atoms with van der Waals surface area (Å²) >= 11 is 0. The van der Waals surface area contributed by atoms with Crippen molar-refractivity contribution in [3.63, 3.8) is 0 Å². The van der Waals surface area contributed by atoms with Crippen molar-refractivity contribution in [3.05, 3.63) is 64.5 Å². The molecule has 1 heterocycles. The van der Waals surface area contributed by atoms with Crippen molar-refractivity contribution < 1.29 is 29.0 Å². The lowest BCUT2D eigenvalue weighted by Crippen LogP contribution is -2.20. The number of nitrogens with zero attached hydrogens (tertiary/aromatic N) is 1. The van der Waals surface area contributed by atoms with E-state index in [1.807, 2.05) is 37.3 Å². The number of aromatic nitrogens is 1. The van der Waals surface area contributed by atoms with Gasteiger partial charge in [-0.3, -0.25) is 0 Å². The number of benzene rings is 1. The summed E-state index contributed by atoms with van der Waals surface area (Å²) in [5.41, 5.74) is 2.02. The lowest BCUT2D eigenvalue weighted by Gasteiger charge is -2.13. The second kappa shape index (κ2) is 10.3. The van der Waals surface area contributed by atoms with Gasteiger partial charge in [0.05, 0.1) is 13.2 Å². The van der Waals surface area contributed by atoms with Crippen LogP contribution in [0, 0.1) is 13.8 Å². The van der Waals surface area contributed by atoms with Crippen molar-refractivity contribution in [2.24, 2.45) is 0 Å². The highest BCUT2D eigenvalue weighted by Gasteiger charge is 2.25.